The van der Waals surface area contributed by atoms with Gasteiger partial charge in [0.1, 0.15) is 17.6 Å². The minimum Gasteiger partial charge on any atom is -0.352 e. The first kappa shape index (κ1) is 17.9. The minimum absolute atomic E-state index is 0.138. The minimum atomic E-state index is 0.138. The lowest BCUT2D eigenvalue weighted by molar-refractivity contribution is -0.130. The van der Waals surface area contributed by atoms with Gasteiger partial charge in [0.15, 0.2) is 0 Å². The Hall–Kier alpha value is -3.48. The molecule has 1 aromatic heterocycles. The smallest absolute Gasteiger partial charge is 0.227 e. The summed E-state index contributed by atoms with van der Waals surface area (Å²) in [5.41, 5.74) is 1.20. The summed E-state index contributed by atoms with van der Waals surface area (Å²) in [6, 6.07) is 17.8. The molecule has 0 bridgehead atoms. The van der Waals surface area contributed by atoms with Gasteiger partial charge in [0.2, 0.25) is 5.91 Å². The summed E-state index contributed by atoms with van der Waals surface area (Å²) in [5.74, 6) is 0.861. The molecule has 4 rings (SSSR count). The number of rotatable bonds is 4. The summed E-state index contributed by atoms with van der Waals surface area (Å²) < 4.78 is 1.23. The van der Waals surface area contributed by atoms with E-state index >= 15 is 0 Å². The molecule has 3 aromatic rings. The van der Waals surface area contributed by atoms with Crippen molar-refractivity contribution in [3.63, 3.8) is 0 Å². The maximum absolute atomic E-state index is 12.7. The second-order valence-electron chi connectivity index (χ2n) is 6.88. The van der Waals surface area contributed by atoms with Crippen molar-refractivity contribution < 1.29 is 4.79 Å². The molecule has 0 spiro atoms. The summed E-state index contributed by atoms with van der Waals surface area (Å²) >= 11 is 0. The number of fused-ring (bicyclic) bond motifs is 1. The zero-order valence-electron chi connectivity index (χ0n) is 15.5. The molecule has 0 atom stereocenters. The van der Waals surface area contributed by atoms with Crippen molar-refractivity contribution in [1.29, 1.82) is 10.8 Å². The van der Waals surface area contributed by atoms with E-state index in [9.17, 15) is 4.79 Å². The monoisotopic (exact) mass is 374 g/mol. The SMILES string of the molecule is N=Cn1nc(N2CCN(C(=O)Cc3ccc4ccccc4c3)CC2)ccc1=N. The van der Waals surface area contributed by atoms with Crippen LogP contribution in [-0.4, -0.2) is 53.1 Å². The summed E-state index contributed by atoms with van der Waals surface area (Å²) in [6.07, 6.45) is 1.43. The van der Waals surface area contributed by atoms with Gasteiger partial charge in [-0.1, -0.05) is 42.5 Å². The quantitative estimate of drug-likeness (QED) is 0.540. The number of anilines is 1. The number of piperazine rings is 1. The first-order valence-corrected chi connectivity index (χ1v) is 9.29. The first-order chi connectivity index (χ1) is 13.6. The van der Waals surface area contributed by atoms with Crippen molar-refractivity contribution >= 4 is 28.8 Å². The predicted molar refractivity (Wildman–Crippen MR) is 109 cm³/mol. The summed E-state index contributed by atoms with van der Waals surface area (Å²) in [4.78, 5) is 16.7. The van der Waals surface area contributed by atoms with E-state index in [4.69, 9.17) is 10.8 Å². The largest absolute Gasteiger partial charge is 0.352 e. The van der Waals surface area contributed by atoms with E-state index in [1.54, 1.807) is 12.1 Å². The number of aromatic nitrogens is 2. The van der Waals surface area contributed by atoms with E-state index in [0.717, 1.165) is 23.1 Å². The Morgan fingerprint density at radius 3 is 2.50 bits per heavy atom. The standard InChI is InChI=1S/C21H22N6O/c22-15-27-19(23)7-8-20(24-27)25-9-11-26(12-10-25)21(28)14-16-5-6-17-3-1-2-4-18(17)13-16/h1-8,13,15,22-23H,9-12,14H2. The highest BCUT2D eigenvalue weighted by Crippen LogP contribution is 2.17. The van der Waals surface area contributed by atoms with Crippen molar-refractivity contribution in [2.24, 2.45) is 0 Å². The molecule has 0 saturated carbocycles. The summed E-state index contributed by atoms with van der Waals surface area (Å²) in [5, 5.41) is 21.7. The summed E-state index contributed by atoms with van der Waals surface area (Å²) in [6.45, 7) is 2.65. The van der Waals surface area contributed by atoms with Gasteiger partial charge in [0.05, 0.1) is 6.42 Å². The van der Waals surface area contributed by atoms with Crippen LogP contribution in [0.15, 0.2) is 54.6 Å². The van der Waals surface area contributed by atoms with Crippen LogP contribution in [-0.2, 0) is 11.2 Å². The van der Waals surface area contributed by atoms with Crippen LogP contribution in [0, 0.1) is 10.8 Å². The van der Waals surface area contributed by atoms with Gasteiger partial charge >= 0.3 is 0 Å². The van der Waals surface area contributed by atoms with Gasteiger partial charge < -0.3 is 9.80 Å². The van der Waals surface area contributed by atoms with E-state index in [1.165, 1.54) is 10.1 Å². The lowest BCUT2D eigenvalue weighted by Gasteiger charge is -2.35. The number of carbonyl (C=O) groups is 1. The number of hydrogen-bond acceptors (Lipinski definition) is 5. The van der Waals surface area contributed by atoms with Crippen LogP contribution >= 0.6 is 0 Å². The molecule has 0 aliphatic carbocycles. The van der Waals surface area contributed by atoms with Crippen LogP contribution in [0.4, 0.5) is 5.82 Å². The average Bonchev–Trinajstić information content (AvgIpc) is 2.74. The number of amides is 1. The third-order valence-corrected chi connectivity index (χ3v) is 5.10. The van der Waals surface area contributed by atoms with E-state index in [1.807, 2.05) is 23.1 Å². The average molecular weight is 374 g/mol. The van der Waals surface area contributed by atoms with Crippen molar-refractivity contribution in [2.75, 3.05) is 31.1 Å². The Morgan fingerprint density at radius 1 is 1.00 bits per heavy atom. The zero-order valence-corrected chi connectivity index (χ0v) is 15.5. The molecule has 1 saturated heterocycles. The fraction of sp³-hybridized carbons (Fsp3) is 0.238. The number of nitrogens with zero attached hydrogens (tertiary/aromatic N) is 4. The number of hydrogen-bond donors (Lipinski definition) is 2. The molecule has 2 N–H and O–H groups in total. The van der Waals surface area contributed by atoms with Crippen molar-refractivity contribution in [3.8, 4) is 0 Å². The molecule has 1 aliphatic heterocycles. The van der Waals surface area contributed by atoms with E-state index in [2.05, 4.69) is 34.3 Å². The Kier molecular flexibility index (Phi) is 4.89. The molecule has 7 nitrogen and oxygen atoms in total. The predicted octanol–water partition coefficient (Wildman–Crippen LogP) is 1.86. The molecule has 1 aliphatic rings. The second-order valence-corrected chi connectivity index (χ2v) is 6.88. The highest BCUT2D eigenvalue weighted by molar-refractivity contribution is 5.85. The van der Waals surface area contributed by atoms with E-state index in [0.29, 0.717) is 32.6 Å². The Bertz CT molecular complexity index is 1080. The van der Waals surface area contributed by atoms with Gasteiger partial charge in [-0.05, 0) is 28.5 Å². The number of nitrogens with one attached hydrogen (secondary N) is 2. The van der Waals surface area contributed by atoms with E-state index in [-0.39, 0.29) is 11.4 Å². The van der Waals surface area contributed by atoms with Crippen molar-refractivity contribution in [3.05, 3.63) is 65.6 Å². The fourth-order valence-corrected chi connectivity index (χ4v) is 3.51. The fourth-order valence-electron chi connectivity index (χ4n) is 3.51. The molecule has 2 heterocycles. The van der Waals surface area contributed by atoms with Crippen LogP contribution in [0.2, 0.25) is 0 Å². The number of carbonyl (C=O) groups excluding carboxylic acids is 1. The third kappa shape index (κ3) is 3.64. The second kappa shape index (κ2) is 7.64. The maximum atomic E-state index is 12.7. The first-order valence-electron chi connectivity index (χ1n) is 9.29. The van der Waals surface area contributed by atoms with Gasteiger partial charge in [-0.15, -0.1) is 5.10 Å². The summed E-state index contributed by atoms with van der Waals surface area (Å²) in [7, 11) is 0. The van der Waals surface area contributed by atoms with Crippen LogP contribution in [0.1, 0.15) is 5.56 Å². The third-order valence-electron chi connectivity index (χ3n) is 5.10. The molecular formula is C21H22N6O. The van der Waals surface area contributed by atoms with E-state index < -0.39 is 0 Å². The molecule has 0 radical (unpaired) electrons. The van der Waals surface area contributed by atoms with Crippen molar-refractivity contribution in [1.82, 2.24) is 14.7 Å². The van der Waals surface area contributed by atoms with Gasteiger partial charge in [-0.2, -0.15) is 0 Å². The molecular weight excluding hydrogens is 352 g/mol. The maximum Gasteiger partial charge on any atom is 0.227 e. The zero-order chi connectivity index (χ0) is 19.5. The van der Waals surface area contributed by atoms with Crippen LogP contribution in [0.5, 0.6) is 0 Å². The molecule has 1 fully saturated rings. The van der Waals surface area contributed by atoms with Gasteiger partial charge in [0.25, 0.3) is 0 Å². The molecule has 1 amide bonds. The van der Waals surface area contributed by atoms with Gasteiger partial charge in [-0.25, -0.2) is 4.68 Å². The Morgan fingerprint density at radius 2 is 1.75 bits per heavy atom. The molecule has 7 heteroatoms. The lowest BCUT2D eigenvalue weighted by atomic mass is 10.0. The molecule has 142 valence electrons. The Labute approximate surface area is 162 Å². The Balaban J connectivity index is 1.39. The van der Waals surface area contributed by atoms with Crippen LogP contribution in [0.3, 0.4) is 0 Å². The lowest BCUT2D eigenvalue weighted by Crippen LogP contribution is -2.49. The molecule has 28 heavy (non-hydrogen) atoms. The van der Waals surface area contributed by atoms with Crippen molar-refractivity contribution in [2.45, 2.75) is 6.42 Å². The molecule has 2 aromatic carbocycles. The van der Waals surface area contributed by atoms with Gasteiger partial charge in [0, 0.05) is 26.2 Å². The molecule has 0 unspecified atom stereocenters. The number of benzene rings is 2. The highest BCUT2D eigenvalue weighted by Gasteiger charge is 2.22. The highest BCUT2D eigenvalue weighted by atomic mass is 16.2. The normalized spacial score (nSPS) is 14.3. The van der Waals surface area contributed by atoms with Gasteiger partial charge in [-0.3, -0.25) is 15.6 Å². The topological polar surface area (TPSA) is 89.1 Å². The van der Waals surface area contributed by atoms with Crippen LogP contribution < -0.4 is 10.4 Å². The van der Waals surface area contributed by atoms with Crippen LogP contribution in [0.25, 0.3) is 10.8 Å².